The third-order valence-corrected chi connectivity index (χ3v) is 1.57. The molecule has 1 rings (SSSR count). The van der Waals surface area contributed by atoms with Gasteiger partial charge in [-0.05, 0) is 19.9 Å². The van der Waals surface area contributed by atoms with Gasteiger partial charge in [0.1, 0.15) is 11.6 Å². The minimum atomic E-state index is -4.32. The maximum Gasteiger partial charge on any atom is 0.422 e. The molecule has 1 N–H and O–H groups in total. The van der Waals surface area contributed by atoms with Crippen molar-refractivity contribution in [3.05, 3.63) is 18.3 Å². The summed E-state index contributed by atoms with van der Waals surface area (Å²) >= 11 is 0. The van der Waals surface area contributed by atoms with Crippen molar-refractivity contribution < 1.29 is 17.9 Å². The van der Waals surface area contributed by atoms with Crippen LogP contribution in [-0.2, 0) is 0 Å². The summed E-state index contributed by atoms with van der Waals surface area (Å²) in [4.78, 5) is 3.95. The molecule has 0 amide bonds. The fourth-order valence-corrected chi connectivity index (χ4v) is 1.04. The van der Waals surface area contributed by atoms with E-state index in [4.69, 9.17) is 0 Å². The van der Waals surface area contributed by atoms with Crippen LogP contribution < -0.4 is 10.1 Å². The van der Waals surface area contributed by atoms with Crippen LogP contribution in [-0.4, -0.2) is 23.8 Å². The molecule has 0 bridgehead atoms. The Balaban J connectivity index is 2.60. The SMILES string of the molecule is CC(C)Nc1cc(OCC(F)(F)F)ccn1. The van der Waals surface area contributed by atoms with Gasteiger partial charge < -0.3 is 10.1 Å². The summed E-state index contributed by atoms with van der Waals surface area (Å²) in [6.07, 6.45) is -2.93. The first-order chi connectivity index (χ1) is 7.37. The standard InChI is InChI=1S/C10H13F3N2O/c1-7(2)15-9-5-8(3-4-14-9)16-6-10(11,12)13/h3-5,7H,6H2,1-2H3,(H,14,15). The van der Waals surface area contributed by atoms with E-state index in [1.807, 2.05) is 13.8 Å². The van der Waals surface area contributed by atoms with Crippen LogP contribution in [0.15, 0.2) is 18.3 Å². The molecule has 0 radical (unpaired) electrons. The van der Waals surface area contributed by atoms with Gasteiger partial charge in [0.2, 0.25) is 0 Å². The van der Waals surface area contributed by atoms with Crippen molar-refractivity contribution in [3.63, 3.8) is 0 Å². The lowest BCUT2D eigenvalue weighted by atomic mass is 10.3. The summed E-state index contributed by atoms with van der Waals surface area (Å²) in [6, 6.07) is 2.98. The number of rotatable bonds is 4. The summed E-state index contributed by atoms with van der Waals surface area (Å²) in [6.45, 7) is 2.52. The van der Waals surface area contributed by atoms with Crippen molar-refractivity contribution in [2.24, 2.45) is 0 Å². The van der Waals surface area contributed by atoms with Gasteiger partial charge in [0.05, 0.1) is 0 Å². The molecule has 0 fully saturated rings. The Hall–Kier alpha value is -1.46. The van der Waals surface area contributed by atoms with Gasteiger partial charge in [0.25, 0.3) is 0 Å². The van der Waals surface area contributed by atoms with Crippen molar-refractivity contribution in [3.8, 4) is 5.75 Å². The van der Waals surface area contributed by atoms with E-state index in [1.54, 1.807) is 0 Å². The number of ether oxygens (including phenoxy) is 1. The largest absolute Gasteiger partial charge is 0.484 e. The second kappa shape index (κ2) is 5.05. The highest BCUT2D eigenvalue weighted by Gasteiger charge is 2.28. The molecule has 0 saturated carbocycles. The van der Waals surface area contributed by atoms with Crippen LogP contribution in [0.2, 0.25) is 0 Å². The molecule has 0 aromatic carbocycles. The zero-order chi connectivity index (χ0) is 12.2. The van der Waals surface area contributed by atoms with Crippen molar-refractivity contribution >= 4 is 5.82 Å². The van der Waals surface area contributed by atoms with Crippen LogP contribution in [0.5, 0.6) is 5.75 Å². The number of anilines is 1. The van der Waals surface area contributed by atoms with Crippen molar-refractivity contribution in [1.29, 1.82) is 0 Å². The zero-order valence-corrected chi connectivity index (χ0v) is 9.01. The number of nitrogens with one attached hydrogen (secondary N) is 1. The second-order valence-electron chi connectivity index (χ2n) is 3.58. The molecule has 0 aliphatic heterocycles. The van der Waals surface area contributed by atoms with Crippen LogP contribution in [0, 0.1) is 0 Å². The molecule has 0 aliphatic carbocycles. The van der Waals surface area contributed by atoms with E-state index in [0.717, 1.165) is 0 Å². The molecule has 1 heterocycles. The van der Waals surface area contributed by atoms with Gasteiger partial charge in [-0.1, -0.05) is 0 Å². The molecule has 0 saturated heterocycles. The molecule has 3 nitrogen and oxygen atoms in total. The number of halogens is 3. The Labute approximate surface area is 91.6 Å². The average Bonchev–Trinajstić information content (AvgIpc) is 2.13. The molecule has 1 aromatic rings. The molecule has 0 aliphatic rings. The smallest absolute Gasteiger partial charge is 0.422 e. The Kier molecular flexibility index (Phi) is 3.98. The van der Waals surface area contributed by atoms with E-state index < -0.39 is 12.8 Å². The van der Waals surface area contributed by atoms with Gasteiger partial charge in [-0.3, -0.25) is 0 Å². The third-order valence-electron chi connectivity index (χ3n) is 1.57. The first kappa shape index (κ1) is 12.6. The van der Waals surface area contributed by atoms with Crippen LogP contribution >= 0.6 is 0 Å². The van der Waals surface area contributed by atoms with Crippen molar-refractivity contribution in [1.82, 2.24) is 4.98 Å². The first-order valence-electron chi connectivity index (χ1n) is 4.79. The fourth-order valence-electron chi connectivity index (χ4n) is 1.04. The molecular formula is C10H13F3N2O. The lowest BCUT2D eigenvalue weighted by Crippen LogP contribution is -2.19. The van der Waals surface area contributed by atoms with Crippen LogP contribution in [0.25, 0.3) is 0 Å². The Morgan fingerprint density at radius 2 is 2.12 bits per heavy atom. The number of alkyl halides is 3. The number of aromatic nitrogens is 1. The topological polar surface area (TPSA) is 34.1 Å². The molecule has 6 heteroatoms. The summed E-state index contributed by atoms with van der Waals surface area (Å²) in [5.74, 6) is 0.644. The molecule has 0 atom stereocenters. The van der Waals surface area contributed by atoms with Gasteiger partial charge in [-0.2, -0.15) is 13.2 Å². The maximum absolute atomic E-state index is 11.9. The highest BCUT2D eigenvalue weighted by atomic mass is 19.4. The summed E-state index contributed by atoms with van der Waals surface area (Å²) in [5.41, 5.74) is 0. The van der Waals surface area contributed by atoms with Crippen molar-refractivity contribution in [2.45, 2.75) is 26.1 Å². The van der Waals surface area contributed by atoms with Crippen LogP contribution in [0.3, 0.4) is 0 Å². The van der Waals surface area contributed by atoms with E-state index in [9.17, 15) is 13.2 Å². The minimum Gasteiger partial charge on any atom is -0.484 e. The van der Waals surface area contributed by atoms with Gasteiger partial charge in [0.15, 0.2) is 6.61 Å². The number of hydrogen-bond acceptors (Lipinski definition) is 3. The number of nitrogens with zero attached hydrogens (tertiary/aromatic N) is 1. The van der Waals surface area contributed by atoms with E-state index in [1.165, 1.54) is 18.3 Å². The summed E-state index contributed by atoms with van der Waals surface area (Å²) in [5, 5.41) is 2.97. The molecule has 0 spiro atoms. The normalized spacial score (nSPS) is 11.6. The van der Waals surface area contributed by atoms with Gasteiger partial charge in [-0.25, -0.2) is 4.98 Å². The highest BCUT2D eigenvalue weighted by molar-refractivity contribution is 5.41. The third kappa shape index (κ3) is 4.86. The average molecular weight is 234 g/mol. The van der Waals surface area contributed by atoms with Gasteiger partial charge >= 0.3 is 6.18 Å². The Morgan fingerprint density at radius 3 is 2.69 bits per heavy atom. The molecule has 1 aromatic heterocycles. The van der Waals surface area contributed by atoms with Crippen LogP contribution in [0.1, 0.15) is 13.8 Å². The Bertz CT molecular complexity index is 339. The molecular weight excluding hydrogens is 221 g/mol. The number of pyridine rings is 1. The number of hydrogen-bond donors (Lipinski definition) is 1. The second-order valence-corrected chi connectivity index (χ2v) is 3.58. The maximum atomic E-state index is 11.9. The lowest BCUT2D eigenvalue weighted by Gasteiger charge is -2.12. The monoisotopic (exact) mass is 234 g/mol. The Morgan fingerprint density at radius 1 is 1.44 bits per heavy atom. The zero-order valence-electron chi connectivity index (χ0n) is 9.01. The first-order valence-corrected chi connectivity index (χ1v) is 4.79. The predicted octanol–water partition coefficient (Wildman–Crippen LogP) is 2.84. The van der Waals surface area contributed by atoms with Crippen molar-refractivity contribution in [2.75, 3.05) is 11.9 Å². The van der Waals surface area contributed by atoms with Gasteiger partial charge in [-0.15, -0.1) is 0 Å². The predicted molar refractivity (Wildman–Crippen MR) is 54.5 cm³/mol. The van der Waals surface area contributed by atoms with E-state index in [2.05, 4.69) is 15.0 Å². The quantitative estimate of drug-likeness (QED) is 0.869. The summed E-state index contributed by atoms with van der Waals surface area (Å²) < 4.78 is 40.3. The highest BCUT2D eigenvalue weighted by Crippen LogP contribution is 2.20. The van der Waals surface area contributed by atoms with E-state index in [-0.39, 0.29) is 11.8 Å². The molecule has 16 heavy (non-hydrogen) atoms. The van der Waals surface area contributed by atoms with E-state index in [0.29, 0.717) is 5.82 Å². The van der Waals surface area contributed by atoms with Crippen LogP contribution in [0.4, 0.5) is 19.0 Å². The fraction of sp³-hybridized carbons (Fsp3) is 0.500. The minimum absolute atomic E-state index is 0.149. The van der Waals surface area contributed by atoms with Gasteiger partial charge in [0, 0.05) is 18.3 Å². The lowest BCUT2D eigenvalue weighted by molar-refractivity contribution is -0.153. The molecule has 0 unspecified atom stereocenters. The van der Waals surface area contributed by atoms with E-state index >= 15 is 0 Å². The molecule has 90 valence electrons. The summed E-state index contributed by atoms with van der Waals surface area (Å²) in [7, 11) is 0.